The number of amides is 2. The summed E-state index contributed by atoms with van der Waals surface area (Å²) in [5, 5.41) is 9.10. The van der Waals surface area contributed by atoms with Gasteiger partial charge in [-0.3, -0.25) is 9.59 Å². The number of rotatable bonds is 8. The van der Waals surface area contributed by atoms with Crippen molar-refractivity contribution in [1.29, 1.82) is 0 Å². The summed E-state index contributed by atoms with van der Waals surface area (Å²) < 4.78 is 48.7. The van der Waals surface area contributed by atoms with Crippen molar-refractivity contribution in [2.75, 3.05) is 13.1 Å². The van der Waals surface area contributed by atoms with Gasteiger partial charge < -0.3 is 19.9 Å². The molecule has 1 heterocycles. The minimum absolute atomic E-state index is 0.0902. The van der Waals surface area contributed by atoms with Gasteiger partial charge in [-0.1, -0.05) is 17.3 Å². The summed E-state index contributed by atoms with van der Waals surface area (Å²) in [6, 6.07) is 10.6. The summed E-state index contributed by atoms with van der Waals surface area (Å²) in [5.41, 5.74) is 1.08. The SMILES string of the molecule is Cc1noc(C)c1COc1ccccc1C(=O)NCCNC(=O)c1ccc(C(F)(F)F)cc1. The third-order valence-electron chi connectivity index (χ3n) is 4.86. The maximum Gasteiger partial charge on any atom is 0.416 e. The van der Waals surface area contributed by atoms with E-state index in [-0.39, 0.29) is 25.3 Å². The maximum absolute atomic E-state index is 12.6. The average Bonchev–Trinajstić information content (AvgIpc) is 3.11. The molecule has 1 aromatic heterocycles. The monoisotopic (exact) mass is 461 g/mol. The van der Waals surface area contributed by atoms with Crippen molar-refractivity contribution in [1.82, 2.24) is 15.8 Å². The highest BCUT2D eigenvalue weighted by Crippen LogP contribution is 2.29. The van der Waals surface area contributed by atoms with E-state index >= 15 is 0 Å². The molecular weight excluding hydrogens is 439 g/mol. The molecule has 0 radical (unpaired) electrons. The van der Waals surface area contributed by atoms with Crippen LogP contribution in [0.15, 0.2) is 53.1 Å². The molecule has 3 aromatic rings. The number of nitrogens with one attached hydrogen (secondary N) is 2. The van der Waals surface area contributed by atoms with Gasteiger partial charge in [0.2, 0.25) is 0 Å². The molecule has 2 N–H and O–H groups in total. The van der Waals surface area contributed by atoms with Crippen molar-refractivity contribution in [2.45, 2.75) is 26.6 Å². The molecule has 2 amide bonds. The number of alkyl halides is 3. The highest BCUT2D eigenvalue weighted by molar-refractivity contribution is 5.97. The first-order chi connectivity index (χ1) is 15.7. The lowest BCUT2D eigenvalue weighted by Gasteiger charge is -2.12. The van der Waals surface area contributed by atoms with Crippen LogP contribution in [0, 0.1) is 13.8 Å². The maximum atomic E-state index is 12.6. The molecule has 0 atom stereocenters. The van der Waals surface area contributed by atoms with Crippen LogP contribution in [0.1, 0.15) is 43.3 Å². The van der Waals surface area contributed by atoms with E-state index in [2.05, 4.69) is 15.8 Å². The second-order valence-corrected chi connectivity index (χ2v) is 7.17. The molecule has 0 spiro atoms. The number of nitrogens with zero attached hydrogens (tertiary/aromatic N) is 1. The molecule has 0 aliphatic carbocycles. The summed E-state index contributed by atoms with van der Waals surface area (Å²) >= 11 is 0. The van der Waals surface area contributed by atoms with Gasteiger partial charge in [0.05, 0.1) is 22.4 Å². The van der Waals surface area contributed by atoms with Gasteiger partial charge in [-0.15, -0.1) is 0 Å². The Hall–Kier alpha value is -3.82. The lowest BCUT2D eigenvalue weighted by Crippen LogP contribution is -2.34. The zero-order chi connectivity index (χ0) is 24.0. The highest BCUT2D eigenvalue weighted by atomic mass is 19.4. The number of carbonyl (C=O) groups excluding carboxylic acids is 2. The fourth-order valence-electron chi connectivity index (χ4n) is 3.00. The molecular formula is C23H22F3N3O4. The normalized spacial score (nSPS) is 11.2. The van der Waals surface area contributed by atoms with Crippen molar-refractivity contribution in [3.63, 3.8) is 0 Å². The third kappa shape index (κ3) is 6.12. The standard InChI is InChI=1S/C23H22F3N3O4/c1-14-19(15(2)33-29-14)13-32-20-6-4-3-5-18(20)22(31)28-12-11-27-21(30)16-7-9-17(10-8-16)23(24,25)26/h3-10H,11-13H2,1-2H3,(H,27,30)(H,28,31). The Morgan fingerprint density at radius 2 is 1.61 bits per heavy atom. The summed E-state index contributed by atoms with van der Waals surface area (Å²) in [7, 11) is 0. The van der Waals surface area contributed by atoms with Gasteiger partial charge in [0, 0.05) is 18.7 Å². The molecule has 10 heteroatoms. The quantitative estimate of drug-likeness (QED) is 0.494. The molecule has 3 rings (SSSR count). The number of carbonyl (C=O) groups is 2. The number of aryl methyl sites for hydroxylation is 2. The van der Waals surface area contributed by atoms with Crippen molar-refractivity contribution >= 4 is 11.8 Å². The summed E-state index contributed by atoms with van der Waals surface area (Å²) in [6.45, 7) is 3.97. The number of aromatic nitrogens is 1. The van der Waals surface area contributed by atoms with Gasteiger partial charge in [-0.2, -0.15) is 13.2 Å². The molecule has 33 heavy (non-hydrogen) atoms. The topological polar surface area (TPSA) is 93.5 Å². The van der Waals surface area contributed by atoms with E-state index < -0.39 is 23.6 Å². The average molecular weight is 461 g/mol. The fourth-order valence-corrected chi connectivity index (χ4v) is 3.00. The summed E-state index contributed by atoms with van der Waals surface area (Å²) in [6.07, 6.45) is -4.47. The van der Waals surface area contributed by atoms with E-state index in [1.807, 2.05) is 0 Å². The van der Waals surface area contributed by atoms with E-state index in [0.717, 1.165) is 29.8 Å². The number of para-hydroxylation sites is 1. The molecule has 0 saturated carbocycles. The first kappa shape index (κ1) is 23.8. The first-order valence-electron chi connectivity index (χ1n) is 10.0. The van der Waals surface area contributed by atoms with Crippen LogP contribution in [0.4, 0.5) is 13.2 Å². The van der Waals surface area contributed by atoms with Gasteiger partial charge >= 0.3 is 6.18 Å². The van der Waals surface area contributed by atoms with Crippen LogP contribution in [0.25, 0.3) is 0 Å². The molecule has 0 saturated heterocycles. The van der Waals surface area contributed by atoms with E-state index in [1.54, 1.807) is 38.1 Å². The third-order valence-corrected chi connectivity index (χ3v) is 4.86. The highest BCUT2D eigenvalue weighted by Gasteiger charge is 2.30. The van der Waals surface area contributed by atoms with Gasteiger partial charge in [-0.05, 0) is 50.2 Å². The van der Waals surface area contributed by atoms with Crippen molar-refractivity contribution < 1.29 is 32.0 Å². The summed E-state index contributed by atoms with van der Waals surface area (Å²) in [4.78, 5) is 24.7. The van der Waals surface area contributed by atoms with E-state index in [9.17, 15) is 22.8 Å². The number of ether oxygens (including phenoxy) is 1. The molecule has 7 nitrogen and oxygen atoms in total. The number of hydrogen-bond donors (Lipinski definition) is 2. The fraction of sp³-hybridized carbons (Fsp3) is 0.261. The smallest absolute Gasteiger partial charge is 0.416 e. The molecule has 0 unspecified atom stereocenters. The van der Waals surface area contributed by atoms with Crippen LogP contribution in [-0.4, -0.2) is 30.1 Å². The Kier molecular flexibility index (Phi) is 7.37. The zero-order valence-electron chi connectivity index (χ0n) is 18.0. The Balaban J connectivity index is 1.50. The summed E-state index contributed by atoms with van der Waals surface area (Å²) in [5.74, 6) is 0.0799. The largest absolute Gasteiger partial charge is 0.488 e. The Morgan fingerprint density at radius 3 is 2.21 bits per heavy atom. The second-order valence-electron chi connectivity index (χ2n) is 7.17. The molecule has 0 bridgehead atoms. The van der Waals surface area contributed by atoms with Crippen molar-refractivity contribution in [3.05, 3.63) is 82.2 Å². The van der Waals surface area contributed by atoms with Gasteiger partial charge in [0.25, 0.3) is 11.8 Å². The van der Waals surface area contributed by atoms with E-state index in [1.165, 1.54) is 0 Å². The lowest BCUT2D eigenvalue weighted by atomic mass is 10.1. The predicted molar refractivity (Wildman–Crippen MR) is 113 cm³/mol. The number of hydrogen-bond acceptors (Lipinski definition) is 5. The van der Waals surface area contributed by atoms with Crippen molar-refractivity contribution in [2.24, 2.45) is 0 Å². The minimum atomic E-state index is -4.47. The zero-order valence-corrected chi connectivity index (χ0v) is 18.0. The van der Waals surface area contributed by atoms with Crippen LogP contribution in [0.2, 0.25) is 0 Å². The van der Waals surface area contributed by atoms with Gasteiger partial charge in [0.1, 0.15) is 18.1 Å². The second kappa shape index (κ2) is 10.2. The van der Waals surface area contributed by atoms with Crippen LogP contribution < -0.4 is 15.4 Å². The molecule has 0 aliphatic heterocycles. The molecule has 174 valence electrons. The number of halogens is 3. The minimum Gasteiger partial charge on any atom is -0.488 e. The van der Waals surface area contributed by atoms with Crippen molar-refractivity contribution in [3.8, 4) is 5.75 Å². The Morgan fingerprint density at radius 1 is 0.970 bits per heavy atom. The Bertz CT molecular complexity index is 1110. The van der Waals surface area contributed by atoms with Gasteiger partial charge in [0.15, 0.2) is 0 Å². The van der Waals surface area contributed by atoms with Crippen LogP contribution in [-0.2, 0) is 12.8 Å². The first-order valence-corrected chi connectivity index (χ1v) is 10.0. The molecule has 0 fully saturated rings. The Labute approximate surface area is 187 Å². The van der Waals surface area contributed by atoms with Gasteiger partial charge in [-0.25, -0.2) is 0 Å². The van der Waals surface area contributed by atoms with Crippen LogP contribution >= 0.6 is 0 Å². The van der Waals surface area contributed by atoms with E-state index in [0.29, 0.717) is 22.8 Å². The predicted octanol–water partition coefficient (Wildman–Crippen LogP) is 4.05. The molecule has 0 aliphatic rings. The molecule has 2 aromatic carbocycles. The number of benzene rings is 2. The van der Waals surface area contributed by atoms with E-state index in [4.69, 9.17) is 9.26 Å². The lowest BCUT2D eigenvalue weighted by molar-refractivity contribution is -0.137. The van der Waals surface area contributed by atoms with Crippen LogP contribution in [0.3, 0.4) is 0 Å². The van der Waals surface area contributed by atoms with Crippen LogP contribution in [0.5, 0.6) is 5.75 Å².